The molecule has 0 heterocycles. The number of hydrogen-bond donors (Lipinski definition) is 0. The molecule has 0 aliphatic carbocycles. The van der Waals surface area contributed by atoms with E-state index in [1.165, 1.54) is 4.44 Å². The summed E-state index contributed by atoms with van der Waals surface area (Å²) in [6, 6.07) is 0. The summed E-state index contributed by atoms with van der Waals surface area (Å²) in [7, 11) is 1.77. The van der Waals surface area contributed by atoms with E-state index in [2.05, 4.69) is 9.88 Å². The average molecular weight is 208 g/mol. The van der Waals surface area contributed by atoms with Crippen molar-refractivity contribution in [3.8, 4) is 0 Å². The topological polar surface area (TPSA) is 9.23 Å². The molecule has 7 heavy (non-hydrogen) atoms. The Morgan fingerprint density at radius 1 is 1.43 bits per heavy atom. The molecular weight excluding hydrogens is 195 g/mol. The summed E-state index contributed by atoms with van der Waals surface area (Å²) in [5.41, 5.74) is 0. The van der Waals surface area contributed by atoms with Gasteiger partial charge in [-0.25, -0.2) is 0 Å². The van der Waals surface area contributed by atoms with Crippen LogP contribution >= 0.6 is 0 Å². The second kappa shape index (κ2) is 4.91. The molecule has 43 valence electrons. The molecule has 0 fully saturated rings. The SMILES string of the molecule is COC[CH2][Sn]([CH3])[CH3]. The van der Waals surface area contributed by atoms with Crippen molar-refractivity contribution in [2.75, 3.05) is 13.7 Å². The summed E-state index contributed by atoms with van der Waals surface area (Å²) < 4.78 is 6.28. The van der Waals surface area contributed by atoms with Gasteiger partial charge in [-0.15, -0.1) is 0 Å². The molecule has 0 bridgehead atoms. The van der Waals surface area contributed by atoms with E-state index in [0.29, 0.717) is 0 Å². The van der Waals surface area contributed by atoms with Gasteiger partial charge in [0.1, 0.15) is 0 Å². The Hall–Kier alpha value is 0.759. The zero-order valence-electron chi connectivity index (χ0n) is 5.32. The van der Waals surface area contributed by atoms with Crippen molar-refractivity contribution in [1.82, 2.24) is 0 Å². The quantitative estimate of drug-likeness (QED) is 0.636. The summed E-state index contributed by atoms with van der Waals surface area (Å²) in [5.74, 6) is 0. The maximum absolute atomic E-state index is 4.90. The zero-order chi connectivity index (χ0) is 5.70. The summed E-state index contributed by atoms with van der Waals surface area (Å²) in [6.07, 6.45) is 0. The van der Waals surface area contributed by atoms with Gasteiger partial charge in [-0.05, 0) is 0 Å². The fourth-order valence-electron chi connectivity index (χ4n) is 0.306. The molecule has 0 aliphatic heterocycles. The third-order valence-corrected chi connectivity index (χ3v) is 4.24. The molecule has 2 heteroatoms. The van der Waals surface area contributed by atoms with E-state index in [4.69, 9.17) is 4.74 Å². The summed E-state index contributed by atoms with van der Waals surface area (Å²) in [6.45, 7) is 0.988. The molecule has 0 aromatic heterocycles. The van der Waals surface area contributed by atoms with E-state index in [1.54, 1.807) is 7.11 Å². The van der Waals surface area contributed by atoms with Crippen LogP contribution in [-0.4, -0.2) is 33.5 Å². The van der Waals surface area contributed by atoms with Crippen molar-refractivity contribution in [3.05, 3.63) is 0 Å². The molecule has 0 unspecified atom stereocenters. The second-order valence-corrected chi connectivity index (χ2v) is 10.3. The number of methoxy groups -OCH3 is 1. The first-order valence-corrected chi connectivity index (χ1v) is 10.3. The fraction of sp³-hybridized carbons (Fsp3) is 1.00. The Morgan fingerprint density at radius 3 is 2.14 bits per heavy atom. The molecule has 0 saturated heterocycles. The number of hydrogen-bond acceptors (Lipinski definition) is 1. The van der Waals surface area contributed by atoms with Gasteiger partial charge in [-0.2, -0.15) is 0 Å². The molecule has 0 aromatic rings. The Kier molecular flexibility index (Phi) is 5.44. The Labute approximate surface area is 52.8 Å². The van der Waals surface area contributed by atoms with Crippen LogP contribution < -0.4 is 0 Å². The predicted octanol–water partition coefficient (Wildman–Crippen LogP) is 1.39. The predicted molar refractivity (Wildman–Crippen MR) is 34.2 cm³/mol. The Balaban J connectivity index is 2.68. The van der Waals surface area contributed by atoms with Crippen LogP contribution in [0.25, 0.3) is 0 Å². The second-order valence-electron chi connectivity index (χ2n) is 1.95. The van der Waals surface area contributed by atoms with Gasteiger partial charge in [0.15, 0.2) is 0 Å². The van der Waals surface area contributed by atoms with Crippen molar-refractivity contribution < 1.29 is 4.74 Å². The van der Waals surface area contributed by atoms with Gasteiger partial charge in [-0.1, -0.05) is 0 Å². The molecular formula is C5H13OSn. The zero-order valence-corrected chi connectivity index (χ0v) is 8.18. The van der Waals surface area contributed by atoms with Crippen molar-refractivity contribution in [1.29, 1.82) is 0 Å². The van der Waals surface area contributed by atoms with E-state index in [0.717, 1.165) is 6.61 Å². The van der Waals surface area contributed by atoms with Gasteiger partial charge in [-0.3, -0.25) is 0 Å². The molecule has 0 spiro atoms. The van der Waals surface area contributed by atoms with Crippen LogP contribution in [0.1, 0.15) is 0 Å². The van der Waals surface area contributed by atoms with E-state index in [-0.39, 0.29) is 0 Å². The van der Waals surface area contributed by atoms with Crippen molar-refractivity contribution in [2.24, 2.45) is 0 Å². The molecule has 0 saturated carbocycles. The van der Waals surface area contributed by atoms with Gasteiger partial charge < -0.3 is 0 Å². The summed E-state index contributed by atoms with van der Waals surface area (Å²) in [5, 5.41) is 0. The Morgan fingerprint density at radius 2 is 2.00 bits per heavy atom. The minimum absolute atomic E-state index is 0.767. The van der Waals surface area contributed by atoms with Gasteiger partial charge in [0.25, 0.3) is 0 Å². The molecule has 0 aromatic carbocycles. The monoisotopic (exact) mass is 209 g/mol. The minimum atomic E-state index is -0.767. The van der Waals surface area contributed by atoms with Crippen molar-refractivity contribution >= 4 is 19.8 Å². The average Bonchev–Trinajstić information content (AvgIpc) is 1.61. The first kappa shape index (κ1) is 7.76. The molecule has 1 radical (unpaired) electrons. The molecule has 0 atom stereocenters. The van der Waals surface area contributed by atoms with Crippen LogP contribution in [-0.2, 0) is 4.74 Å². The molecule has 0 N–H and O–H groups in total. The van der Waals surface area contributed by atoms with E-state index >= 15 is 0 Å². The maximum atomic E-state index is 4.90. The number of ether oxygens (including phenoxy) is 1. The van der Waals surface area contributed by atoms with Crippen molar-refractivity contribution in [3.63, 3.8) is 0 Å². The van der Waals surface area contributed by atoms with Crippen molar-refractivity contribution in [2.45, 2.75) is 14.3 Å². The van der Waals surface area contributed by atoms with E-state index in [1.807, 2.05) is 0 Å². The van der Waals surface area contributed by atoms with Gasteiger partial charge in [0, 0.05) is 0 Å². The third kappa shape index (κ3) is 6.76. The molecule has 1 nitrogen and oxygen atoms in total. The molecule has 0 rings (SSSR count). The van der Waals surface area contributed by atoms with Crippen LogP contribution in [0.3, 0.4) is 0 Å². The summed E-state index contributed by atoms with van der Waals surface area (Å²) >= 11 is -0.767. The standard InChI is InChI=1S/C3H7O.2CH3.Sn/c1-3-4-2;;;/h1,3H2,2H3;2*1H3;. The summed E-state index contributed by atoms with van der Waals surface area (Å²) in [4.78, 5) is 4.78. The van der Waals surface area contributed by atoms with Crippen LogP contribution in [0.15, 0.2) is 0 Å². The Bertz CT molecular complexity index is 37.1. The van der Waals surface area contributed by atoms with E-state index < -0.39 is 19.8 Å². The fourth-order valence-corrected chi connectivity index (χ4v) is 2.05. The van der Waals surface area contributed by atoms with Crippen LogP contribution in [0.5, 0.6) is 0 Å². The first-order valence-electron chi connectivity index (χ1n) is 2.55. The normalized spacial score (nSPS) is 10.3. The van der Waals surface area contributed by atoms with E-state index in [9.17, 15) is 0 Å². The first-order chi connectivity index (χ1) is 3.27. The van der Waals surface area contributed by atoms with Gasteiger partial charge in [0.05, 0.1) is 0 Å². The van der Waals surface area contributed by atoms with Gasteiger partial charge in [0.2, 0.25) is 0 Å². The third-order valence-electron chi connectivity index (χ3n) is 0.806. The van der Waals surface area contributed by atoms with Gasteiger partial charge >= 0.3 is 52.5 Å². The molecule has 0 aliphatic rings. The van der Waals surface area contributed by atoms with Crippen LogP contribution in [0.4, 0.5) is 0 Å². The van der Waals surface area contributed by atoms with Crippen LogP contribution in [0.2, 0.25) is 14.3 Å². The number of rotatable bonds is 3. The van der Waals surface area contributed by atoms with Crippen LogP contribution in [0, 0.1) is 0 Å². The molecule has 0 amide bonds.